The van der Waals surface area contributed by atoms with E-state index in [-0.39, 0.29) is 0 Å². The normalized spacial score (nSPS) is 11.0. The van der Waals surface area contributed by atoms with Crippen LogP contribution in [0, 0.1) is 6.92 Å². The first-order chi connectivity index (χ1) is 8.22. The lowest BCUT2D eigenvalue weighted by molar-refractivity contribution is 0.491. The van der Waals surface area contributed by atoms with Gasteiger partial charge in [0.1, 0.15) is 17.3 Å². The van der Waals surface area contributed by atoms with Crippen LogP contribution in [0.2, 0.25) is 0 Å². The summed E-state index contributed by atoms with van der Waals surface area (Å²) in [4.78, 5) is 4.26. The van der Waals surface area contributed by atoms with Crippen LogP contribution in [0.15, 0.2) is 22.7 Å². The van der Waals surface area contributed by atoms with Crippen molar-refractivity contribution in [3.05, 3.63) is 29.9 Å². The van der Waals surface area contributed by atoms with Gasteiger partial charge in [-0.1, -0.05) is 6.92 Å². The van der Waals surface area contributed by atoms with Gasteiger partial charge in [0.25, 0.3) is 0 Å². The Labute approximate surface area is 102 Å². The Kier molecular flexibility index (Phi) is 3.64. The minimum Gasteiger partial charge on any atom is -0.458 e. The van der Waals surface area contributed by atoms with Crippen LogP contribution in [0.25, 0.3) is 11.5 Å². The molecule has 0 aromatic carbocycles. The van der Waals surface area contributed by atoms with Gasteiger partial charge in [-0.2, -0.15) is 0 Å². The Hall–Kier alpha value is -1.55. The van der Waals surface area contributed by atoms with E-state index in [1.807, 2.05) is 36.9 Å². The molecular weight excluding hydrogens is 214 g/mol. The summed E-state index contributed by atoms with van der Waals surface area (Å²) >= 11 is 0. The fourth-order valence-electron chi connectivity index (χ4n) is 1.73. The summed E-state index contributed by atoms with van der Waals surface area (Å²) in [6, 6.07) is 4.01. The van der Waals surface area contributed by atoms with E-state index < -0.39 is 0 Å². The van der Waals surface area contributed by atoms with E-state index in [1.54, 1.807) is 0 Å². The van der Waals surface area contributed by atoms with Crippen LogP contribution in [0.3, 0.4) is 0 Å². The van der Waals surface area contributed by atoms with Gasteiger partial charge in [0.05, 0.1) is 12.7 Å². The third-order valence-corrected chi connectivity index (χ3v) is 2.86. The van der Waals surface area contributed by atoms with E-state index in [4.69, 9.17) is 4.42 Å². The zero-order valence-corrected chi connectivity index (χ0v) is 10.7. The third-order valence-electron chi connectivity index (χ3n) is 2.86. The fourth-order valence-corrected chi connectivity index (χ4v) is 1.73. The van der Waals surface area contributed by atoms with Crippen LogP contribution >= 0.6 is 0 Å². The molecular formula is C13H19N3O. The quantitative estimate of drug-likeness (QED) is 0.807. The number of nitrogens with one attached hydrogen (secondary N) is 1. The predicted molar refractivity (Wildman–Crippen MR) is 67.6 cm³/mol. The van der Waals surface area contributed by atoms with Crippen molar-refractivity contribution in [3.8, 4) is 11.5 Å². The van der Waals surface area contributed by atoms with Gasteiger partial charge in [0, 0.05) is 7.05 Å². The second kappa shape index (κ2) is 5.19. The first-order valence-electron chi connectivity index (χ1n) is 6.00. The minimum absolute atomic E-state index is 0.782. The van der Waals surface area contributed by atoms with Gasteiger partial charge >= 0.3 is 0 Å². The fraction of sp³-hybridized carbons (Fsp3) is 0.462. The summed E-state index contributed by atoms with van der Waals surface area (Å²) in [5.41, 5.74) is 1.02. The average molecular weight is 233 g/mol. The monoisotopic (exact) mass is 233 g/mol. The minimum atomic E-state index is 0.782. The molecule has 0 aliphatic heterocycles. The van der Waals surface area contributed by atoms with E-state index in [9.17, 15) is 0 Å². The molecule has 0 radical (unpaired) electrons. The first kappa shape index (κ1) is 11.9. The molecule has 0 amide bonds. The van der Waals surface area contributed by atoms with Crippen molar-refractivity contribution in [2.24, 2.45) is 7.05 Å². The summed E-state index contributed by atoms with van der Waals surface area (Å²) in [6.45, 7) is 5.93. The second-order valence-corrected chi connectivity index (χ2v) is 4.19. The number of aromatic nitrogens is 2. The molecule has 4 heteroatoms. The molecule has 4 nitrogen and oxygen atoms in total. The second-order valence-electron chi connectivity index (χ2n) is 4.19. The maximum Gasteiger partial charge on any atom is 0.152 e. The number of imidazole rings is 1. The summed E-state index contributed by atoms with van der Waals surface area (Å²) < 4.78 is 7.82. The molecule has 0 spiro atoms. The van der Waals surface area contributed by atoms with Gasteiger partial charge in [-0.15, -0.1) is 0 Å². The third kappa shape index (κ3) is 2.58. The van der Waals surface area contributed by atoms with Crippen LogP contribution in [0.4, 0.5) is 0 Å². The zero-order chi connectivity index (χ0) is 12.3. The summed E-state index contributed by atoms with van der Waals surface area (Å²) in [5, 5.41) is 3.32. The highest BCUT2D eigenvalue weighted by Gasteiger charge is 2.09. The van der Waals surface area contributed by atoms with E-state index in [1.165, 1.54) is 0 Å². The van der Waals surface area contributed by atoms with Crippen LogP contribution in [0.5, 0.6) is 0 Å². The molecule has 1 N–H and O–H groups in total. The van der Waals surface area contributed by atoms with Crippen LogP contribution in [-0.2, 0) is 13.6 Å². The van der Waals surface area contributed by atoms with Crippen molar-refractivity contribution in [1.29, 1.82) is 0 Å². The molecule has 0 atom stereocenters. The van der Waals surface area contributed by atoms with E-state index in [0.29, 0.717) is 0 Å². The SMILES string of the molecule is CCCNCc1ccc(-c2cnc(C)n2C)o1. The molecule has 0 bridgehead atoms. The number of hydrogen-bond donors (Lipinski definition) is 1. The van der Waals surface area contributed by atoms with Crippen molar-refractivity contribution in [1.82, 2.24) is 14.9 Å². The van der Waals surface area contributed by atoms with Crippen molar-refractivity contribution in [2.75, 3.05) is 6.54 Å². The summed E-state index contributed by atoms with van der Waals surface area (Å²) in [6.07, 6.45) is 2.98. The van der Waals surface area contributed by atoms with Crippen molar-refractivity contribution < 1.29 is 4.42 Å². The van der Waals surface area contributed by atoms with Gasteiger partial charge in [-0.05, 0) is 32.0 Å². The Balaban J connectivity index is 2.10. The molecule has 2 rings (SSSR count). The Morgan fingerprint density at radius 2 is 2.24 bits per heavy atom. The number of aryl methyl sites for hydroxylation is 1. The largest absolute Gasteiger partial charge is 0.458 e. The molecule has 2 aromatic rings. The van der Waals surface area contributed by atoms with Crippen LogP contribution in [-0.4, -0.2) is 16.1 Å². The standard InChI is InChI=1S/C13H19N3O/c1-4-7-14-8-11-5-6-13(17-11)12-9-15-10(2)16(12)3/h5-6,9,14H,4,7-8H2,1-3H3. The molecule has 0 unspecified atom stereocenters. The highest BCUT2D eigenvalue weighted by molar-refractivity contribution is 5.52. The molecule has 17 heavy (non-hydrogen) atoms. The first-order valence-corrected chi connectivity index (χ1v) is 6.00. The Morgan fingerprint density at radius 1 is 1.41 bits per heavy atom. The van der Waals surface area contributed by atoms with Crippen molar-refractivity contribution >= 4 is 0 Å². The highest BCUT2D eigenvalue weighted by atomic mass is 16.3. The molecule has 0 fully saturated rings. The smallest absolute Gasteiger partial charge is 0.152 e. The molecule has 2 heterocycles. The number of nitrogens with zero attached hydrogens (tertiary/aromatic N) is 2. The van der Waals surface area contributed by atoms with Gasteiger partial charge in [0.2, 0.25) is 0 Å². The van der Waals surface area contributed by atoms with Gasteiger partial charge in [0.15, 0.2) is 5.76 Å². The van der Waals surface area contributed by atoms with E-state index in [2.05, 4.69) is 17.2 Å². The summed E-state index contributed by atoms with van der Waals surface area (Å²) in [7, 11) is 2.00. The van der Waals surface area contributed by atoms with Gasteiger partial charge in [-0.3, -0.25) is 0 Å². The molecule has 2 aromatic heterocycles. The molecule has 0 aliphatic rings. The number of hydrogen-bond acceptors (Lipinski definition) is 3. The predicted octanol–water partition coefficient (Wildman–Crippen LogP) is 2.49. The molecule has 0 aliphatic carbocycles. The highest BCUT2D eigenvalue weighted by Crippen LogP contribution is 2.22. The van der Waals surface area contributed by atoms with Crippen LogP contribution < -0.4 is 5.32 Å². The van der Waals surface area contributed by atoms with Crippen molar-refractivity contribution in [3.63, 3.8) is 0 Å². The van der Waals surface area contributed by atoms with Gasteiger partial charge < -0.3 is 14.3 Å². The molecule has 0 saturated heterocycles. The topological polar surface area (TPSA) is 43.0 Å². The lowest BCUT2D eigenvalue weighted by atomic mass is 10.3. The zero-order valence-electron chi connectivity index (χ0n) is 10.7. The Bertz CT molecular complexity index is 485. The van der Waals surface area contributed by atoms with Crippen molar-refractivity contribution in [2.45, 2.75) is 26.8 Å². The van der Waals surface area contributed by atoms with Crippen LogP contribution in [0.1, 0.15) is 24.9 Å². The van der Waals surface area contributed by atoms with E-state index >= 15 is 0 Å². The van der Waals surface area contributed by atoms with E-state index in [0.717, 1.165) is 42.5 Å². The lowest BCUT2D eigenvalue weighted by Gasteiger charge is -2.01. The number of furan rings is 1. The number of rotatable bonds is 5. The van der Waals surface area contributed by atoms with Gasteiger partial charge in [-0.25, -0.2) is 4.98 Å². The maximum atomic E-state index is 5.79. The average Bonchev–Trinajstić information content (AvgIpc) is 2.89. The lowest BCUT2D eigenvalue weighted by Crippen LogP contribution is -2.12. The molecule has 0 saturated carbocycles. The summed E-state index contributed by atoms with van der Waals surface area (Å²) in [5.74, 6) is 2.83. The molecule has 92 valence electrons. The Morgan fingerprint density at radius 3 is 2.88 bits per heavy atom. The maximum absolute atomic E-state index is 5.79.